The van der Waals surface area contributed by atoms with Gasteiger partial charge in [0.05, 0.1) is 23.4 Å². The third kappa shape index (κ3) is 7.66. The van der Waals surface area contributed by atoms with Gasteiger partial charge in [0.25, 0.3) is 11.8 Å². The number of anilines is 2. The van der Waals surface area contributed by atoms with Crippen LogP contribution in [0.25, 0.3) is 0 Å². The number of nitrogens with zero attached hydrogens (tertiary/aromatic N) is 3. The molecule has 3 amide bonds. The average molecular weight is 589 g/mol. The number of nitrogens with two attached hydrogens (primary N) is 1. The summed E-state index contributed by atoms with van der Waals surface area (Å²) in [7, 11) is 0. The Morgan fingerprint density at radius 2 is 1.67 bits per heavy atom. The molecule has 2 fully saturated rings. The van der Waals surface area contributed by atoms with E-state index in [0.29, 0.717) is 48.1 Å². The Hall–Kier alpha value is -3.95. The van der Waals surface area contributed by atoms with Gasteiger partial charge >= 0.3 is 0 Å². The molecule has 2 aromatic carbocycles. The van der Waals surface area contributed by atoms with Crippen LogP contribution in [0.4, 0.5) is 11.4 Å². The lowest BCUT2D eigenvalue weighted by Gasteiger charge is -2.28. The van der Waals surface area contributed by atoms with Gasteiger partial charge in [-0.05, 0) is 68.0 Å². The van der Waals surface area contributed by atoms with Gasteiger partial charge in [-0.3, -0.25) is 14.4 Å². The zero-order chi connectivity index (χ0) is 29.5. The fourth-order valence-electron chi connectivity index (χ4n) is 5.61. The molecule has 1 aliphatic heterocycles. The molecule has 220 valence electrons. The van der Waals surface area contributed by atoms with Crippen LogP contribution >= 0.6 is 11.6 Å². The summed E-state index contributed by atoms with van der Waals surface area (Å²) in [6, 6.07) is 18.6. The number of hydrogen-bond acceptors (Lipinski definition) is 6. The number of rotatable bonds is 7. The minimum Gasteiger partial charge on any atom is -0.368 e. The van der Waals surface area contributed by atoms with Crippen LogP contribution in [0.3, 0.4) is 0 Å². The molecule has 4 N–H and O–H groups in total. The molecule has 1 saturated heterocycles. The van der Waals surface area contributed by atoms with E-state index >= 15 is 0 Å². The number of halogens is 1. The number of hydrogen-bond donors (Lipinski definition) is 3. The Balaban J connectivity index is 1.33. The topological polar surface area (TPSA) is 121 Å². The third-order valence-electron chi connectivity index (χ3n) is 7.95. The van der Waals surface area contributed by atoms with Crippen molar-refractivity contribution < 1.29 is 14.4 Å². The Labute approximate surface area is 251 Å². The quantitative estimate of drug-likeness (QED) is 0.355. The highest BCUT2D eigenvalue weighted by atomic mass is 35.5. The number of carbonyl (C=O) groups excluding carboxylic acids is 3. The summed E-state index contributed by atoms with van der Waals surface area (Å²) >= 11 is 5.89. The van der Waals surface area contributed by atoms with Crippen molar-refractivity contribution in [2.24, 2.45) is 5.73 Å². The summed E-state index contributed by atoms with van der Waals surface area (Å²) in [6.07, 6.45) is 5.98. The minimum atomic E-state index is -0.164. The first-order chi connectivity index (χ1) is 20.4. The van der Waals surface area contributed by atoms with Gasteiger partial charge in [0, 0.05) is 50.0 Å². The normalized spacial score (nSPS) is 19.1. The van der Waals surface area contributed by atoms with Crippen molar-refractivity contribution in [1.29, 1.82) is 0 Å². The minimum absolute atomic E-state index is 0.0897. The van der Waals surface area contributed by atoms with E-state index in [1.54, 1.807) is 24.3 Å². The number of carbonyl (C=O) groups is 3. The van der Waals surface area contributed by atoms with Crippen LogP contribution in [-0.4, -0.2) is 65.9 Å². The summed E-state index contributed by atoms with van der Waals surface area (Å²) in [5.74, 6) is -0.416. The van der Waals surface area contributed by atoms with E-state index in [1.807, 2.05) is 41.3 Å². The maximum Gasteiger partial charge on any atom is 0.255 e. The molecule has 3 aromatic rings. The van der Waals surface area contributed by atoms with Crippen molar-refractivity contribution in [3.8, 4) is 0 Å². The van der Waals surface area contributed by atoms with Gasteiger partial charge in [0.15, 0.2) is 0 Å². The lowest BCUT2D eigenvalue weighted by Crippen LogP contribution is -2.40. The van der Waals surface area contributed by atoms with Crippen molar-refractivity contribution >= 4 is 40.7 Å². The van der Waals surface area contributed by atoms with E-state index in [2.05, 4.69) is 20.5 Å². The third-order valence-corrected chi connectivity index (χ3v) is 8.17. The second-order valence-electron chi connectivity index (χ2n) is 11.0. The van der Waals surface area contributed by atoms with Gasteiger partial charge in [-0.25, -0.2) is 4.98 Å². The molecular formula is C32H37ClN6O3. The smallest absolute Gasteiger partial charge is 0.255 e. The summed E-state index contributed by atoms with van der Waals surface area (Å²) < 4.78 is 0. The molecule has 1 saturated carbocycles. The Bertz CT molecular complexity index is 1390. The molecule has 2 heterocycles. The predicted octanol–water partition coefficient (Wildman–Crippen LogP) is 4.27. The second kappa shape index (κ2) is 13.8. The number of pyridine rings is 1. The molecule has 1 aromatic heterocycles. The number of amides is 3. The van der Waals surface area contributed by atoms with Crippen LogP contribution in [-0.2, 0) is 11.2 Å². The first kappa shape index (κ1) is 29.5. The first-order valence-electron chi connectivity index (χ1n) is 14.6. The molecule has 9 nitrogen and oxygen atoms in total. The molecule has 1 aliphatic carbocycles. The zero-order valence-electron chi connectivity index (χ0n) is 23.6. The SMILES string of the molecule is NC1CCC(NC(=O)c2ccc(N3CCCN(C(=O)c4ccc(Cl)nc4)CC3)c(NC(=O)Cc3ccccc3)c2)CC1. The highest BCUT2D eigenvalue weighted by Crippen LogP contribution is 2.29. The summed E-state index contributed by atoms with van der Waals surface area (Å²) in [4.78, 5) is 47.5. The van der Waals surface area contributed by atoms with Gasteiger partial charge in [0.2, 0.25) is 5.91 Å². The number of aromatic nitrogens is 1. The monoisotopic (exact) mass is 588 g/mol. The van der Waals surface area contributed by atoms with Crippen LogP contribution in [0.15, 0.2) is 66.9 Å². The molecule has 0 bridgehead atoms. The first-order valence-corrected chi connectivity index (χ1v) is 14.9. The lowest BCUT2D eigenvalue weighted by molar-refractivity contribution is -0.115. The molecule has 0 spiro atoms. The standard InChI is InChI=1S/C32H37ClN6O3/c33-29-14-8-24(21-35-29)32(42)39-16-4-15-38(17-18-39)28-13-7-23(31(41)36-26-11-9-25(34)10-12-26)20-27(28)37-30(40)19-22-5-2-1-3-6-22/h1-3,5-8,13-14,20-21,25-26H,4,9-12,15-19,34H2,(H,36,41)(H,37,40). The summed E-state index contributed by atoms with van der Waals surface area (Å²) in [5, 5.41) is 6.56. The van der Waals surface area contributed by atoms with E-state index in [9.17, 15) is 14.4 Å². The molecular weight excluding hydrogens is 552 g/mol. The molecule has 0 atom stereocenters. The highest BCUT2D eigenvalue weighted by molar-refractivity contribution is 6.29. The fourth-order valence-corrected chi connectivity index (χ4v) is 5.72. The Kier molecular flexibility index (Phi) is 9.71. The van der Waals surface area contributed by atoms with Gasteiger partial charge in [0.1, 0.15) is 5.15 Å². The lowest BCUT2D eigenvalue weighted by atomic mass is 9.91. The maximum absolute atomic E-state index is 13.2. The van der Waals surface area contributed by atoms with Crippen molar-refractivity contribution in [2.75, 3.05) is 36.4 Å². The van der Waals surface area contributed by atoms with Crippen molar-refractivity contribution in [3.63, 3.8) is 0 Å². The Morgan fingerprint density at radius 3 is 2.40 bits per heavy atom. The molecule has 0 radical (unpaired) electrons. The Morgan fingerprint density at radius 1 is 0.905 bits per heavy atom. The van der Waals surface area contributed by atoms with Crippen LogP contribution in [0.1, 0.15) is 58.4 Å². The van der Waals surface area contributed by atoms with Crippen LogP contribution < -0.4 is 21.3 Å². The fraction of sp³-hybridized carbons (Fsp3) is 0.375. The molecule has 5 rings (SSSR count). The summed E-state index contributed by atoms with van der Waals surface area (Å²) in [5.41, 5.74) is 9.32. The summed E-state index contributed by atoms with van der Waals surface area (Å²) in [6.45, 7) is 2.37. The largest absolute Gasteiger partial charge is 0.368 e. The maximum atomic E-state index is 13.2. The van der Waals surface area contributed by atoms with Gasteiger partial charge in [-0.1, -0.05) is 41.9 Å². The van der Waals surface area contributed by atoms with Crippen molar-refractivity contribution in [3.05, 3.63) is 88.7 Å². The predicted molar refractivity (Wildman–Crippen MR) is 165 cm³/mol. The molecule has 0 unspecified atom stereocenters. The van der Waals surface area contributed by atoms with E-state index in [0.717, 1.165) is 43.4 Å². The van der Waals surface area contributed by atoms with E-state index in [4.69, 9.17) is 17.3 Å². The molecule has 10 heteroatoms. The van der Waals surface area contributed by atoms with E-state index in [1.165, 1.54) is 6.20 Å². The average Bonchev–Trinajstić information content (AvgIpc) is 3.25. The van der Waals surface area contributed by atoms with Crippen LogP contribution in [0.2, 0.25) is 5.15 Å². The number of nitrogens with one attached hydrogen (secondary N) is 2. The number of benzene rings is 2. The van der Waals surface area contributed by atoms with Gasteiger partial charge < -0.3 is 26.2 Å². The molecule has 42 heavy (non-hydrogen) atoms. The van der Waals surface area contributed by atoms with Crippen molar-refractivity contribution in [2.45, 2.75) is 50.6 Å². The van der Waals surface area contributed by atoms with E-state index < -0.39 is 0 Å². The van der Waals surface area contributed by atoms with Crippen LogP contribution in [0, 0.1) is 0 Å². The second-order valence-corrected chi connectivity index (χ2v) is 11.4. The highest BCUT2D eigenvalue weighted by Gasteiger charge is 2.25. The van der Waals surface area contributed by atoms with Crippen LogP contribution in [0.5, 0.6) is 0 Å². The van der Waals surface area contributed by atoms with Gasteiger partial charge in [-0.15, -0.1) is 0 Å². The van der Waals surface area contributed by atoms with Gasteiger partial charge in [-0.2, -0.15) is 0 Å². The molecule has 2 aliphatic rings. The van der Waals surface area contributed by atoms with E-state index in [-0.39, 0.29) is 36.2 Å². The van der Waals surface area contributed by atoms with Crippen molar-refractivity contribution in [1.82, 2.24) is 15.2 Å². The zero-order valence-corrected chi connectivity index (χ0v) is 24.4.